The Balaban J connectivity index is 1.82. The number of carbonyl (C=O) groups is 2. The highest BCUT2D eigenvalue weighted by Gasteiger charge is 2.24. The first-order valence-electron chi connectivity index (χ1n) is 9.08. The molecule has 2 amide bonds. The number of hydrogen-bond acceptors (Lipinski definition) is 2. The summed E-state index contributed by atoms with van der Waals surface area (Å²) in [6.07, 6.45) is 3.76. The molecule has 4 nitrogen and oxygen atoms in total. The van der Waals surface area contributed by atoms with Crippen LogP contribution in [-0.2, 0) is 6.42 Å². The molecule has 1 aliphatic rings. The van der Waals surface area contributed by atoms with E-state index in [4.69, 9.17) is 11.6 Å². The Morgan fingerprint density at radius 1 is 1.15 bits per heavy atom. The van der Waals surface area contributed by atoms with Crippen LogP contribution >= 0.6 is 11.6 Å². The van der Waals surface area contributed by atoms with Gasteiger partial charge >= 0.3 is 0 Å². The predicted molar refractivity (Wildman–Crippen MR) is 105 cm³/mol. The third-order valence-corrected chi connectivity index (χ3v) is 4.83. The zero-order chi connectivity index (χ0) is 18.5. The van der Waals surface area contributed by atoms with Gasteiger partial charge in [-0.15, -0.1) is 0 Å². The van der Waals surface area contributed by atoms with Crippen LogP contribution in [0.15, 0.2) is 42.5 Å². The summed E-state index contributed by atoms with van der Waals surface area (Å²) in [7, 11) is 0. The number of nitrogens with zero attached hydrogens (tertiary/aromatic N) is 1. The van der Waals surface area contributed by atoms with Gasteiger partial charge in [0, 0.05) is 34.9 Å². The quantitative estimate of drug-likeness (QED) is 0.790. The van der Waals surface area contributed by atoms with Crippen molar-refractivity contribution in [2.45, 2.75) is 32.6 Å². The van der Waals surface area contributed by atoms with E-state index in [2.05, 4.69) is 12.2 Å². The van der Waals surface area contributed by atoms with Crippen molar-refractivity contribution in [1.82, 2.24) is 5.32 Å². The average molecular weight is 371 g/mol. The van der Waals surface area contributed by atoms with E-state index in [1.807, 2.05) is 12.1 Å². The lowest BCUT2D eigenvalue weighted by Crippen LogP contribution is -2.35. The Morgan fingerprint density at radius 3 is 2.77 bits per heavy atom. The number of benzene rings is 2. The van der Waals surface area contributed by atoms with Gasteiger partial charge in [-0.05, 0) is 61.2 Å². The summed E-state index contributed by atoms with van der Waals surface area (Å²) >= 11 is 6.02. The molecule has 3 rings (SSSR count). The molecule has 2 aromatic rings. The molecule has 0 bridgehead atoms. The maximum Gasteiger partial charge on any atom is 0.258 e. The number of amides is 2. The number of nitrogens with one attached hydrogen (secondary N) is 1. The number of rotatable bonds is 5. The number of aryl methyl sites for hydroxylation is 1. The van der Waals surface area contributed by atoms with Crippen molar-refractivity contribution in [3.8, 4) is 0 Å². The van der Waals surface area contributed by atoms with Gasteiger partial charge in [0.1, 0.15) is 0 Å². The summed E-state index contributed by atoms with van der Waals surface area (Å²) in [6, 6.07) is 12.6. The molecule has 0 saturated heterocycles. The first-order chi connectivity index (χ1) is 12.6. The molecular weight excluding hydrogens is 348 g/mol. The molecule has 1 heterocycles. The first-order valence-corrected chi connectivity index (χ1v) is 9.46. The number of halogens is 1. The molecule has 0 atom stereocenters. The largest absolute Gasteiger partial charge is 0.352 e. The molecule has 5 heteroatoms. The molecular formula is C21H23ClN2O2. The third-order valence-electron chi connectivity index (χ3n) is 4.59. The number of hydrogen-bond donors (Lipinski definition) is 1. The number of anilines is 1. The van der Waals surface area contributed by atoms with Gasteiger partial charge in [-0.25, -0.2) is 0 Å². The fourth-order valence-electron chi connectivity index (χ4n) is 3.21. The summed E-state index contributed by atoms with van der Waals surface area (Å²) in [4.78, 5) is 27.0. The maximum atomic E-state index is 12.9. The summed E-state index contributed by atoms with van der Waals surface area (Å²) in [6.45, 7) is 3.45. The second-order valence-electron chi connectivity index (χ2n) is 6.52. The molecule has 0 spiro atoms. The van der Waals surface area contributed by atoms with Gasteiger partial charge in [0.2, 0.25) is 0 Å². The van der Waals surface area contributed by atoms with Crippen LogP contribution in [-0.4, -0.2) is 24.9 Å². The summed E-state index contributed by atoms with van der Waals surface area (Å²) in [5.74, 6) is -0.117. The fraction of sp³-hybridized carbons (Fsp3) is 0.333. The lowest BCUT2D eigenvalue weighted by Gasteiger charge is -2.30. The van der Waals surface area contributed by atoms with Gasteiger partial charge in [-0.2, -0.15) is 0 Å². The van der Waals surface area contributed by atoms with Gasteiger partial charge in [0.05, 0.1) is 0 Å². The zero-order valence-electron chi connectivity index (χ0n) is 14.9. The van der Waals surface area contributed by atoms with E-state index >= 15 is 0 Å². The van der Waals surface area contributed by atoms with Crippen LogP contribution in [0, 0.1) is 0 Å². The Hall–Kier alpha value is -2.33. The SMILES string of the molecule is CCCCNC(=O)c1ccc2c(c1)CCCN2C(=O)c1cccc(Cl)c1. The van der Waals surface area contributed by atoms with Gasteiger partial charge in [0.15, 0.2) is 0 Å². The lowest BCUT2D eigenvalue weighted by molar-refractivity contribution is 0.0952. The van der Waals surface area contributed by atoms with Crippen molar-refractivity contribution < 1.29 is 9.59 Å². The number of carbonyl (C=O) groups excluding carboxylic acids is 2. The van der Waals surface area contributed by atoms with E-state index in [-0.39, 0.29) is 11.8 Å². The molecule has 0 aromatic heterocycles. The van der Waals surface area contributed by atoms with Crippen LogP contribution in [0.1, 0.15) is 52.5 Å². The minimum Gasteiger partial charge on any atom is -0.352 e. The Bertz CT molecular complexity index is 819. The summed E-state index contributed by atoms with van der Waals surface area (Å²) < 4.78 is 0. The molecule has 1 aliphatic heterocycles. The normalized spacial score (nSPS) is 13.2. The number of fused-ring (bicyclic) bond motifs is 1. The van der Waals surface area contributed by atoms with E-state index in [9.17, 15) is 9.59 Å². The van der Waals surface area contributed by atoms with Crippen molar-refractivity contribution >= 4 is 29.1 Å². The highest BCUT2D eigenvalue weighted by molar-refractivity contribution is 6.31. The monoisotopic (exact) mass is 370 g/mol. The second kappa shape index (κ2) is 8.37. The van der Waals surface area contributed by atoms with Crippen LogP contribution < -0.4 is 10.2 Å². The first kappa shape index (κ1) is 18.5. The lowest BCUT2D eigenvalue weighted by atomic mass is 9.98. The van der Waals surface area contributed by atoms with Crippen LogP contribution in [0.5, 0.6) is 0 Å². The Kier molecular flexibility index (Phi) is 5.94. The number of unbranched alkanes of at least 4 members (excludes halogenated alkanes) is 1. The molecule has 26 heavy (non-hydrogen) atoms. The van der Waals surface area contributed by atoms with E-state index in [0.29, 0.717) is 29.2 Å². The van der Waals surface area contributed by atoms with Crippen LogP contribution in [0.2, 0.25) is 5.02 Å². The molecule has 136 valence electrons. The van der Waals surface area contributed by atoms with Crippen molar-refractivity contribution in [2.75, 3.05) is 18.0 Å². The topological polar surface area (TPSA) is 49.4 Å². The standard InChI is InChI=1S/C21H23ClN2O2/c1-2-3-11-23-20(25)16-9-10-19-15(13-16)7-5-12-24(19)21(26)17-6-4-8-18(22)14-17/h4,6,8-10,13-14H,2-3,5,7,11-12H2,1H3,(H,23,25). The minimum atomic E-state index is -0.0615. The minimum absolute atomic E-state index is 0.0560. The van der Waals surface area contributed by atoms with Gasteiger partial charge < -0.3 is 10.2 Å². The fourth-order valence-corrected chi connectivity index (χ4v) is 3.40. The highest BCUT2D eigenvalue weighted by Crippen LogP contribution is 2.29. The molecule has 0 fully saturated rings. The maximum absolute atomic E-state index is 12.9. The highest BCUT2D eigenvalue weighted by atomic mass is 35.5. The molecule has 2 aromatic carbocycles. The van der Waals surface area contributed by atoms with Gasteiger partial charge in [0.25, 0.3) is 11.8 Å². The van der Waals surface area contributed by atoms with Crippen molar-refractivity contribution in [1.29, 1.82) is 0 Å². The average Bonchev–Trinajstić information content (AvgIpc) is 2.66. The van der Waals surface area contributed by atoms with Gasteiger partial charge in [-0.3, -0.25) is 9.59 Å². The summed E-state index contributed by atoms with van der Waals surface area (Å²) in [5, 5.41) is 3.49. The molecule has 0 saturated carbocycles. The molecule has 1 N–H and O–H groups in total. The van der Waals surface area contributed by atoms with Crippen LogP contribution in [0.4, 0.5) is 5.69 Å². The summed E-state index contributed by atoms with van der Waals surface area (Å²) in [5.41, 5.74) is 3.14. The van der Waals surface area contributed by atoms with Crippen LogP contribution in [0.3, 0.4) is 0 Å². The van der Waals surface area contributed by atoms with Crippen LogP contribution in [0.25, 0.3) is 0 Å². The zero-order valence-corrected chi connectivity index (χ0v) is 15.7. The van der Waals surface area contributed by atoms with Crippen molar-refractivity contribution in [3.05, 3.63) is 64.2 Å². The van der Waals surface area contributed by atoms with Crippen molar-refractivity contribution in [2.24, 2.45) is 0 Å². The second-order valence-corrected chi connectivity index (χ2v) is 6.96. The van der Waals surface area contributed by atoms with E-state index in [1.165, 1.54) is 0 Å². The molecule has 0 unspecified atom stereocenters. The smallest absolute Gasteiger partial charge is 0.258 e. The van der Waals surface area contributed by atoms with Gasteiger partial charge in [-0.1, -0.05) is 31.0 Å². The predicted octanol–water partition coefficient (Wildman–Crippen LogP) is 4.46. The Morgan fingerprint density at radius 2 is 2.00 bits per heavy atom. The van der Waals surface area contributed by atoms with E-state index in [0.717, 1.165) is 36.9 Å². The molecule has 0 radical (unpaired) electrons. The molecule has 0 aliphatic carbocycles. The van der Waals surface area contributed by atoms with E-state index in [1.54, 1.807) is 35.2 Å². The van der Waals surface area contributed by atoms with Crippen molar-refractivity contribution in [3.63, 3.8) is 0 Å². The third kappa shape index (κ3) is 4.07. The van der Waals surface area contributed by atoms with E-state index < -0.39 is 0 Å². The Labute approximate surface area is 159 Å².